The summed E-state index contributed by atoms with van der Waals surface area (Å²) in [5.41, 5.74) is 1.27. The van der Waals surface area contributed by atoms with E-state index in [0.29, 0.717) is 10.8 Å². The van der Waals surface area contributed by atoms with Gasteiger partial charge in [0.2, 0.25) is 0 Å². The molecule has 3 fully saturated rings. The summed E-state index contributed by atoms with van der Waals surface area (Å²) in [7, 11) is 0. The predicted octanol–water partition coefficient (Wildman–Crippen LogP) is 11.9. The van der Waals surface area contributed by atoms with Crippen LogP contribution in [-0.4, -0.2) is 0 Å². The highest BCUT2D eigenvalue weighted by Crippen LogP contribution is 2.72. The average molecular weight is 487 g/mol. The van der Waals surface area contributed by atoms with E-state index < -0.39 is 0 Å². The van der Waals surface area contributed by atoms with Crippen LogP contribution in [0.15, 0.2) is 0 Å². The summed E-state index contributed by atoms with van der Waals surface area (Å²) in [4.78, 5) is 0. The van der Waals surface area contributed by atoms with Crippen molar-refractivity contribution in [2.45, 2.75) is 170 Å². The molecule has 206 valence electrons. The zero-order valence-corrected chi connectivity index (χ0v) is 25.5. The smallest absolute Gasteiger partial charge is 0.0230 e. The van der Waals surface area contributed by atoms with Gasteiger partial charge in [0, 0.05) is 0 Å². The molecule has 0 nitrogen and oxygen atoms in total. The number of rotatable bonds is 18. The molecule has 0 N–H and O–H groups in total. The van der Waals surface area contributed by atoms with Crippen LogP contribution in [0.3, 0.4) is 0 Å². The minimum absolute atomic E-state index is 0.554. The van der Waals surface area contributed by atoms with E-state index in [4.69, 9.17) is 0 Å². The van der Waals surface area contributed by atoms with Crippen molar-refractivity contribution in [3.05, 3.63) is 0 Å². The lowest BCUT2D eigenvalue weighted by Gasteiger charge is -2.33. The Morgan fingerprint density at radius 1 is 0.800 bits per heavy atom. The van der Waals surface area contributed by atoms with Crippen LogP contribution < -0.4 is 0 Å². The molecule has 0 radical (unpaired) electrons. The largest absolute Gasteiger partial charge is 0.0654 e. The molecule has 0 spiro atoms. The Morgan fingerprint density at radius 2 is 1.49 bits per heavy atom. The lowest BCUT2D eigenvalue weighted by molar-refractivity contribution is 0.172. The second-order valence-electron chi connectivity index (χ2n) is 14.7. The van der Waals surface area contributed by atoms with Gasteiger partial charge >= 0.3 is 0 Å². The third-order valence-electron chi connectivity index (χ3n) is 11.9. The molecule has 0 heterocycles. The minimum Gasteiger partial charge on any atom is -0.0654 e. The first-order valence-corrected chi connectivity index (χ1v) is 16.8. The quantitative estimate of drug-likeness (QED) is 0.181. The lowest BCUT2D eigenvalue weighted by Crippen LogP contribution is -2.23. The van der Waals surface area contributed by atoms with Crippen LogP contribution in [0.25, 0.3) is 0 Å². The molecular formula is C35H66. The van der Waals surface area contributed by atoms with Gasteiger partial charge in [-0.1, -0.05) is 126 Å². The Hall–Kier alpha value is 0. The number of hydrogen-bond donors (Lipinski definition) is 0. The molecular weight excluding hydrogens is 420 g/mol. The van der Waals surface area contributed by atoms with Gasteiger partial charge in [-0.05, 0) is 97.2 Å². The van der Waals surface area contributed by atoms with E-state index in [2.05, 4.69) is 48.5 Å². The van der Waals surface area contributed by atoms with E-state index in [1.54, 1.807) is 38.5 Å². The van der Waals surface area contributed by atoms with Crippen LogP contribution in [0.5, 0.6) is 0 Å². The topological polar surface area (TPSA) is 0 Å². The molecule has 3 aliphatic rings. The summed E-state index contributed by atoms with van der Waals surface area (Å²) in [6.07, 6.45) is 28.4. The molecule has 0 saturated heterocycles. The molecule has 3 rings (SSSR count). The second-order valence-corrected chi connectivity index (χ2v) is 14.7. The number of hydrogen-bond acceptors (Lipinski definition) is 0. The van der Waals surface area contributed by atoms with Crippen LogP contribution in [0.2, 0.25) is 0 Å². The van der Waals surface area contributed by atoms with Gasteiger partial charge in [0.05, 0.1) is 0 Å². The first kappa shape index (κ1) is 29.6. The molecule has 3 saturated carbocycles. The van der Waals surface area contributed by atoms with Crippen molar-refractivity contribution in [1.29, 1.82) is 0 Å². The SMILES string of the molecule is CCCC(CC1CCC1)C1C(CC)C1(CCC(CC)CC)CC1CCCC1CCC(C)(C)CCC. The Morgan fingerprint density at radius 3 is 2.06 bits per heavy atom. The summed E-state index contributed by atoms with van der Waals surface area (Å²) in [6, 6.07) is 0. The zero-order chi connectivity index (χ0) is 25.5. The Kier molecular flexibility index (Phi) is 11.6. The minimum atomic E-state index is 0.554. The second kappa shape index (κ2) is 13.7. The molecule has 0 aromatic carbocycles. The maximum Gasteiger partial charge on any atom is -0.0230 e. The Labute approximate surface area is 222 Å². The average Bonchev–Trinajstić information content (AvgIpc) is 3.19. The highest BCUT2D eigenvalue weighted by molar-refractivity contribution is 5.13. The molecule has 0 aromatic heterocycles. The van der Waals surface area contributed by atoms with Gasteiger partial charge in [-0.3, -0.25) is 0 Å². The summed E-state index contributed by atoms with van der Waals surface area (Å²) >= 11 is 0. The van der Waals surface area contributed by atoms with Crippen molar-refractivity contribution in [2.75, 3.05) is 0 Å². The third-order valence-corrected chi connectivity index (χ3v) is 11.9. The fourth-order valence-electron chi connectivity index (χ4n) is 9.58. The maximum absolute atomic E-state index is 2.56. The van der Waals surface area contributed by atoms with Crippen molar-refractivity contribution in [2.24, 2.45) is 52.3 Å². The molecule has 3 aliphatic carbocycles. The molecule has 0 amide bonds. The maximum atomic E-state index is 2.56. The van der Waals surface area contributed by atoms with E-state index in [-0.39, 0.29) is 0 Å². The van der Waals surface area contributed by atoms with Crippen molar-refractivity contribution in [1.82, 2.24) is 0 Å². The highest BCUT2D eigenvalue weighted by Gasteiger charge is 2.65. The predicted molar refractivity (Wildman–Crippen MR) is 157 cm³/mol. The van der Waals surface area contributed by atoms with Gasteiger partial charge in [-0.25, -0.2) is 0 Å². The Bertz CT molecular complexity index is 581. The van der Waals surface area contributed by atoms with Crippen molar-refractivity contribution in [3.8, 4) is 0 Å². The molecule has 35 heavy (non-hydrogen) atoms. The van der Waals surface area contributed by atoms with E-state index >= 15 is 0 Å². The van der Waals surface area contributed by atoms with Crippen LogP contribution in [0, 0.1) is 52.3 Å². The summed E-state index contributed by atoms with van der Waals surface area (Å²) in [5.74, 6) is 7.29. The summed E-state index contributed by atoms with van der Waals surface area (Å²) < 4.78 is 0. The molecule has 0 bridgehead atoms. The van der Waals surface area contributed by atoms with E-state index in [1.807, 2.05) is 0 Å². The van der Waals surface area contributed by atoms with Crippen molar-refractivity contribution < 1.29 is 0 Å². The molecule has 0 heteroatoms. The van der Waals surface area contributed by atoms with E-state index in [1.165, 1.54) is 83.5 Å². The van der Waals surface area contributed by atoms with Gasteiger partial charge < -0.3 is 0 Å². The lowest BCUT2D eigenvalue weighted by atomic mass is 9.72. The van der Waals surface area contributed by atoms with Gasteiger partial charge in [0.15, 0.2) is 0 Å². The van der Waals surface area contributed by atoms with Gasteiger partial charge in [-0.15, -0.1) is 0 Å². The highest BCUT2D eigenvalue weighted by atomic mass is 14.7. The monoisotopic (exact) mass is 487 g/mol. The molecule has 6 unspecified atom stereocenters. The summed E-state index contributed by atoms with van der Waals surface area (Å²) in [5, 5.41) is 0. The normalized spacial score (nSPS) is 32.2. The first-order valence-electron chi connectivity index (χ1n) is 16.8. The Balaban J connectivity index is 1.75. The molecule has 0 aliphatic heterocycles. The van der Waals surface area contributed by atoms with Gasteiger partial charge in [0.25, 0.3) is 0 Å². The molecule has 0 aromatic rings. The van der Waals surface area contributed by atoms with Gasteiger partial charge in [0.1, 0.15) is 0 Å². The summed E-state index contributed by atoms with van der Waals surface area (Å²) in [6.45, 7) is 17.4. The van der Waals surface area contributed by atoms with Crippen molar-refractivity contribution >= 4 is 0 Å². The van der Waals surface area contributed by atoms with Crippen LogP contribution in [0.4, 0.5) is 0 Å². The third kappa shape index (κ3) is 7.53. The fraction of sp³-hybridized carbons (Fsp3) is 1.00. The van der Waals surface area contributed by atoms with Crippen LogP contribution >= 0.6 is 0 Å². The van der Waals surface area contributed by atoms with Gasteiger partial charge in [-0.2, -0.15) is 0 Å². The fourth-order valence-corrected chi connectivity index (χ4v) is 9.58. The van der Waals surface area contributed by atoms with Crippen molar-refractivity contribution in [3.63, 3.8) is 0 Å². The van der Waals surface area contributed by atoms with Crippen LogP contribution in [-0.2, 0) is 0 Å². The zero-order valence-electron chi connectivity index (χ0n) is 25.5. The standard InChI is InChI=1S/C35H66/c1-8-15-30(25-28-16-13-17-28)33-32(12-5)35(33,24-20-27(10-3)11-4)26-31-19-14-18-29(31)21-23-34(6,7)22-9-2/h27-33H,8-26H2,1-7H3. The van der Waals surface area contributed by atoms with E-state index in [0.717, 1.165) is 41.4 Å². The first-order chi connectivity index (χ1) is 16.8. The van der Waals surface area contributed by atoms with Crippen LogP contribution in [0.1, 0.15) is 170 Å². The van der Waals surface area contributed by atoms with E-state index in [9.17, 15) is 0 Å². The molecule has 6 atom stereocenters.